The Kier molecular flexibility index (Phi) is 5.26. The standard InChI is InChI=1S/C14H28O2/c1-11(2)5-4-6-13(15)14(16)9-7-12(3)8-10-14/h11-13,15-16H,4-10H2,1-3H3. The van der Waals surface area contributed by atoms with Crippen LogP contribution in [0.15, 0.2) is 0 Å². The molecule has 1 unspecified atom stereocenters. The van der Waals surface area contributed by atoms with Crippen LogP contribution in [0.25, 0.3) is 0 Å². The molecule has 0 aromatic rings. The van der Waals surface area contributed by atoms with Crippen LogP contribution in [0.1, 0.15) is 65.7 Å². The molecule has 1 fully saturated rings. The number of aliphatic hydroxyl groups is 2. The summed E-state index contributed by atoms with van der Waals surface area (Å²) in [6.07, 6.45) is 6.06. The average molecular weight is 228 g/mol. The van der Waals surface area contributed by atoms with Gasteiger partial charge in [-0.3, -0.25) is 0 Å². The number of rotatable bonds is 5. The summed E-state index contributed by atoms with van der Waals surface area (Å²) in [6, 6.07) is 0. The molecule has 0 saturated heterocycles. The quantitative estimate of drug-likeness (QED) is 0.759. The summed E-state index contributed by atoms with van der Waals surface area (Å²) in [4.78, 5) is 0. The molecule has 0 aromatic heterocycles. The maximum atomic E-state index is 10.4. The molecule has 1 aliphatic rings. The van der Waals surface area contributed by atoms with Gasteiger partial charge in [0.25, 0.3) is 0 Å². The van der Waals surface area contributed by atoms with E-state index >= 15 is 0 Å². The van der Waals surface area contributed by atoms with E-state index in [1.165, 1.54) is 0 Å². The molecule has 2 N–H and O–H groups in total. The van der Waals surface area contributed by atoms with Crippen LogP contribution in [0.4, 0.5) is 0 Å². The largest absolute Gasteiger partial charge is 0.390 e. The third-order valence-electron chi connectivity index (χ3n) is 4.02. The van der Waals surface area contributed by atoms with Crippen molar-refractivity contribution in [2.45, 2.75) is 77.4 Å². The highest BCUT2D eigenvalue weighted by Crippen LogP contribution is 2.35. The molecule has 0 radical (unpaired) electrons. The summed E-state index contributed by atoms with van der Waals surface area (Å²) in [7, 11) is 0. The Hall–Kier alpha value is -0.0800. The molecule has 1 rings (SSSR count). The lowest BCUT2D eigenvalue weighted by molar-refractivity contribution is -0.106. The van der Waals surface area contributed by atoms with Gasteiger partial charge in [-0.25, -0.2) is 0 Å². The Morgan fingerprint density at radius 2 is 1.75 bits per heavy atom. The van der Waals surface area contributed by atoms with Gasteiger partial charge in [0.05, 0.1) is 11.7 Å². The van der Waals surface area contributed by atoms with Gasteiger partial charge in [0.15, 0.2) is 0 Å². The highest BCUT2D eigenvalue weighted by Gasteiger charge is 2.37. The van der Waals surface area contributed by atoms with E-state index in [9.17, 15) is 10.2 Å². The molecule has 0 spiro atoms. The molecule has 0 aromatic carbocycles. The summed E-state index contributed by atoms with van der Waals surface area (Å²) in [5.74, 6) is 1.40. The van der Waals surface area contributed by atoms with Gasteiger partial charge in [0.2, 0.25) is 0 Å². The van der Waals surface area contributed by atoms with Crippen LogP contribution in [0, 0.1) is 11.8 Å². The number of hydrogen-bond acceptors (Lipinski definition) is 2. The molecule has 2 nitrogen and oxygen atoms in total. The van der Waals surface area contributed by atoms with Gasteiger partial charge in [-0.1, -0.05) is 33.6 Å². The van der Waals surface area contributed by atoms with Crippen LogP contribution in [0.2, 0.25) is 0 Å². The fraction of sp³-hybridized carbons (Fsp3) is 1.00. The van der Waals surface area contributed by atoms with E-state index in [0.29, 0.717) is 11.8 Å². The zero-order valence-corrected chi connectivity index (χ0v) is 11.1. The predicted molar refractivity (Wildman–Crippen MR) is 67.3 cm³/mol. The van der Waals surface area contributed by atoms with E-state index in [-0.39, 0.29) is 0 Å². The lowest BCUT2D eigenvalue weighted by Gasteiger charge is -2.38. The number of hydrogen-bond donors (Lipinski definition) is 2. The topological polar surface area (TPSA) is 40.5 Å². The zero-order valence-electron chi connectivity index (χ0n) is 11.1. The molecule has 0 bridgehead atoms. The molecular formula is C14H28O2. The minimum atomic E-state index is -0.788. The van der Waals surface area contributed by atoms with Crippen LogP contribution in [-0.4, -0.2) is 21.9 Å². The van der Waals surface area contributed by atoms with Crippen molar-refractivity contribution in [1.29, 1.82) is 0 Å². The first-order valence-electron chi connectivity index (χ1n) is 6.84. The van der Waals surface area contributed by atoms with E-state index < -0.39 is 11.7 Å². The van der Waals surface area contributed by atoms with Gasteiger partial charge in [-0.2, -0.15) is 0 Å². The fourth-order valence-corrected chi connectivity index (χ4v) is 2.58. The lowest BCUT2D eigenvalue weighted by Crippen LogP contribution is -2.45. The molecule has 0 heterocycles. The van der Waals surface area contributed by atoms with Crippen molar-refractivity contribution in [2.24, 2.45) is 11.8 Å². The summed E-state index contributed by atoms with van der Waals surface area (Å²) in [5, 5.41) is 20.5. The minimum absolute atomic E-state index is 0.515. The Morgan fingerprint density at radius 1 is 1.19 bits per heavy atom. The first-order chi connectivity index (χ1) is 7.44. The van der Waals surface area contributed by atoms with Crippen molar-refractivity contribution in [3.8, 4) is 0 Å². The molecular weight excluding hydrogens is 200 g/mol. The van der Waals surface area contributed by atoms with Crippen LogP contribution in [-0.2, 0) is 0 Å². The van der Waals surface area contributed by atoms with Crippen molar-refractivity contribution in [1.82, 2.24) is 0 Å². The van der Waals surface area contributed by atoms with Crippen LogP contribution in [0.3, 0.4) is 0 Å². The van der Waals surface area contributed by atoms with Crippen molar-refractivity contribution in [2.75, 3.05) is 0 Å². The van der Waals surface area contributed by atoms with E-state index in [1.807, 2.05) is 0 Å². The van der Waals surface area contributed by atoms with Crippen molar-refractivity contribution < 1.29 is 10.2 Å². The monoisotopic (exact) mass is 228 g/mol. The minimum Gasteiger partial charge on any atom is -0.390 e. The maximum absolute atomic E-state index is 10.4. The molecule has 1 saturated carbocycles. The van der Waals surface area contributed by atoms with E-state index in [4.69, 9.17) is 0 Å². The van der Waals surface area contributed by atoms with Crippen molar-refractivity contribution in [3.05, 3.63) is 0 Å². The van der Waals surface area contributed by atoms with Gasteiger partial charge in [-0.05, 0) is 43.9 Å². The second-order valence-electron chi connectivity index (χ2n) is 6.13. The van der Waals surface area contributed by atoms with Crippen molar-refractivity contribution >= 4 is 0 Å². The Morgan fingerprint density at radius 3 is 2.25 bits per heavy atom. The smallest absolute Gasteiger partial charge is 0.0905 e. The highest BCUT2D eigenvalue weighted by molar-refractivity contribution is 4.90. The Bertz CT molecular complexity index is 193. The predicted octanol–water partition coefficient (Wildman–Crippen LogP) is 3.11. The molecule has 96 valence electrons. The molecule has 0 aliphatic heterocycles. The Labute approximate surface area is 100 Å². The zero-order chi connectivity index (χ0) is 12.2. The van der Waals surface area contributed by atoms with Crippen LogP contribution >= 0.6 is 0 Å². The van der Waals surface area contributed by atoms with Crippen LogP contribution < -0.4 is 0 Å². The second kappa shape index (κ2) is 6.02. The van der Waals surface area contributed by atoms with Gasteiger partial charge in [-0.15, -0.1) is 0 Å². The third kappa shape index (κ3) is 4.06. The number of aliphatic hydroxyl groups excluding tert-OH is 1. The van der Waals surface area contributed by atoms with Gasteiger partial charge < -0.3 is 10.2 Å². The average Bonchev–Trinajstić information content (AvgIpc) is 2.22. The Balaban J connectivity index is 2.31. The molecule has 1 aliphatic carbocycles. The summed E-state index contributed by atoms with van der Waals surface area (Å²) in [6.45, 7) is 6.62. The lowest BCUT2D eigenvalue weighted by atomic mass is 9.75. The van der Waals surface area contributed by atoms with E-state index in [1.54, 1.807) is 0 Å². The van der Waals surface area contributed by atoms with E-state index in [0.717, 1.165) is 44.9 Å². The summed E-state index contributed by atoms with van der Waals surface area (Å²) >= 11 is 0. The molecule has 0 amide bonds. The summed E-state index contributed by atoms with van der Waals surface area (Å²) < 4.78 is 0. The second-order valence-corrected chi connectivity index (χ2v) is 6.13. The highest BCUT2D eigenvalue weighted by atomic mass is 16.3. The first kappa shape index (κ1) is 14.0. The fourth-order valence-electron chi connectivity index (χ4n) is 2.58. The van der Waals surface area contributed by atoms with E-state index in [2.05, 4.69) is 20.8 Å². The van der Waals surface area contributed by atoms with Crippen molar-refractivity contribution in [3.63, 3.8) is 0 Å². The summed E-state index contributed by atoms with van der Waals surface area (Å²) in [5.41, 5.74) is -0.788. The maximum Gasteiger partial charge on any atom is 0.0905 e. The van der Waals surface area contributed by atoms with Crippen LogP contribution in [0.5, 0.6) is 0 Å². The molecule has 16 heavy (non-hydrogen) atoms. The van der Waals surface area contributed by atoms with Gasteiger partial charge in [0, 0.05) is 0 Å². The molecule has 2 heteroatoms. The third-order valence-corrected chi connectivity index (χ3v) is 4.02. The molecule has 1 atom stereocenters. The first-order valence-corrected chi connectivity index (χ1v) is 6.84. The van der Waals surface area contributed by atoms with Gasteiger partial charge in [0.1, 0.15) is 0 Å². The van der Waals surface area contributed by atoms with Gasteiger partial charge >= 0.3 is 0 Å². The SMILES string of the molecule is CC(C)CCCC(O)C1(O)CCC(C)CC1. The normalized spacial score (nSPS) is 33.0.